The van der Waals surface area contributed by atoms with Crippen LogP contribution in [0.15, 0.2) is 121 Å². The maximum atomic E-state index is 12.8. The number of hydrogen-bond donors (Lipinski definition) is 0. The highest BCUT2D eigenvalue weighted by atomic mass is 16.6. The number of hydrogen-bond acceptors (Lipinski definition) is 16. The normalized spacial score (nSPS) is 12.4. The highest BCUT2D eigenvalue weighted by molar-refractivity contribution is 5.96. The Hall–Kier alpha value is -8.14. The van der Waals surface area contributed by atoms with E-state index in [1.165, 1.54) is 86.6 Å². The topological polar surface area (TPSA) is 210 Å². The lowest BCUT2D eigenvalue weighted by molar-refractivity contribution is 0.00415. The summed E-state index contributed by atoms with van der Waals surface area (Å²) < 4.78 is 42.5. The van der Waals surface area contributed by atoms with E-state index in [1.807, 2.05) is 13.8 Å². The molecule has 16 nitrogen and oxygen atoms in total. The average molecular weight is 931 g/mol. The first-order valence-electron chi connectivity index (χ1n) is 21.4. The van der Waals surface area contributed by atoms with Gasteiger partial charge in [-0.2, -0.15) is 0 Å². The monoisotopic (exact) mass is 930 g/mol. The SMILES string of the molecule is Cc1ccc(C(=O)OCC(C)OC(=O)c2ccc(C(=O)OCC(C)OC(=O)c3ccc(C(=O)OCC(C)OC(=O)c4ccc(C(=O)OCC(C)OC(=O)c5ccc(C)cc5)cc4)cc3)cc2)cc1. The molecule has 354 valence electrons. The molecule has 0 saturated carbocycles. The van der Waals surface area contributed by atoms with Crippen LogP contribution in [0.4, 0.5) is 0 Å². The van der Waals surface area contributed by atoms with Gasteiger partial charge in [-0.3, -0.25) is 0 Å². The molecule has 0 aliphatic carbocycles. The predicted molar refractivity (Wildman–Crippen MR) is 242 cm³/mol. The summed E-state index contributed by atoms with van der Waals surface area (Å²) in [5, 5.41) is 0. The van der Waals surface area contributed by atoms with Crippen molar-refractivity contribution in [1.29, 1.82) is 0 Å². The fourth-order valence-corrected chi connectivity index (χ4v) is 5.85. The highest BCUT2D eigenvalue weighted by Gasteiger charge is 2.21. The van der Waals surface area contributed by atoms with Crippen LogP contribution in [0.1, 0.15) is 122 Å². The molecule has 0 spiro atoms. The van der Waals surface area contributed by atoms with Gasteiger partial charge in [0.1, 0.15) is 50.8 Å². The lowest BCUT2D eigenvalue weighted by atomic mass is 10.1. The number of ether oxygens (including phenoxy) is 8. The standard InChI is InChI=1S/C52H50O16/c1-31-7-11-37(12-8-31)45(53)61-27-34(4)66-50(58)42-21-17-39(18-22-42)47(55)63-29-36(6)68-52(60)44-25-19-40(20-26-44)48(56)64-30-35(5)67-51(59)43-23-15-38(16-24-43)46(54)62-28-33(3)65-49(57)41-13-9-32(2)10-14-41/h7-26,33-36H,27-30H2,1-6H3. The molecule has 0 bridgehead atoms. The van der Waals surface area contributed by atoms with Gasteiger partial charge in [-0.1, -0.05) is 35.4 Å². The molecule has 0 N–H and O–H groups in total. The van der Waals surface area contributed by atoms with Gasteiger partial charge in [0.05, 0.1) is 44.5 Å². The lowest BCUT2D eigenvalue weighted by Crippen LogP contribution is -2.23. The molecule has 0 aliphatic rings. The average Bonchev–Trinajstić information content (AvgIpc) is 3.33. The van der Waals surface area contributed by atoms with Crippen LogP contribution < -0.4 is 0 Å². The Morgan fingerprint density at radius 3 is 0.603 bits per heavy atom. The van der Waals surface area contributed by atoms with E-state index >= 15 is 0 Å². The van der Waals surface area contributed by atoms with Gasteiger partial charge < -0.3 is 37.9 Å². The van der Waals surface area contributed by atoms with E-state index < -0.39 is 72.2 Å². The number of rotatable bonds is 20. The van der Waals surface area contributed by atoms with Gasteiger partial charge in [0.2, 0.25) is 0 Å². The number of esters is 8. The van der Waals surface area contributed by atoms with Crippen molar-refractivity contribution in [3.63, 3.8) is 0 Å². The van der Waals surface area contributed by atoms with Crippen LogP contribution in [-0.2, 0) is 37.9 Å². The highest BCUT2D eigenvalue weighted by Crippen LogP contribution is 2.15. The Labute approximate surface area is 392 Å². The lowest BCUT2D eigenvalue weighted by Gasteiger charge is -2.15. The van der Waals surface area contributed by atoms with Gasteiger partial charge in [-0.15, -0.1) is 0 Å². The van der Waals surface area contributed by atoms with Gasteiger partial charge >= 0.3 is 47.8 Å². The minimum Gasteiger partial charge on any atom is -0.458 e. The van der Waals surface area contributed by atoms with E-state index in [9.17, 15) is 38.4 Å². The fourth-order valence-electron chi connectivity index (χ4n) is 5.85. The van der Waals surface area contributed by atoms with Crippen molar-refractivity contribution in [3.05, 3.63) is 177 Å². The molecular weight excluding hydrogens is 881 g/mol. The molecule has 0 heterocycles. The van der Waals surface area contributed by atoms with Gasteiger partial charge in [0, 0.05) is 0 Å². The third-order valence-corrected chi connectivity index (χ3v) is 9.67. The first-order valence-corrected chi connectivity index (χ1v) is 21.4. The summed E-state index contributed by atoms with van der Waals surface area (Å²) in [7, 11) is 0. The Kier molecular flexibility index (Phi) is 18.2. The maximum absolute atomic E-state index is 12.8. The summed E-state index contributed by atoms with van der Waals surface area (Å²) in [6, 6.07) is 30.2. The molecule has 0 radical (unpaired) electrons. The molecule has 0 amide bonds. The zero-order valence-corrected chi connectivity index (χ0v) is 38.2. The van der Waals surface area contributed by atoms with Crippen molar-refractivity contribution >= 4 is 47.8 Å². The largest absolute Gasteiger partial charge is 0.458 e. The first kappa shape index (κ1) is 50.9. The molecule has 0 aromatic heterocycles. The second-order valence-electron chi connectivity index (χ2n) is 15.7. The van der Waals surface area contributed by atoms with E-state index in [0.29, 0.717) is 11.1 Å². The molecule has 0 aliphatic heterocycles. The predicted octanol–water partition coefficient (Wildman–Crippen LogP) is 7.91. The fraction of sp³-hybridized carbons (Fsp3) is 0.269. The third-order valence-electron chi connectivity index (χ3n) is 9.67. The van der Waals surface area contributed by atoms with Crippen molar-refractivity contribution in [3.8, 4) is 0 Å². The summed E-state index contributed by atoms with van der Waals surface area (Å²) in [5.74, 6) is -5.40. The van der Waals surface area contributed by atoms with Crippen molar-refractivity contribution < 1.29 is 76.3 Å². The van der Waals surface area contributed by atoms with Crippen molar-refractivity contribution in [2.75, 3.05) is 26.4 Å². The Balaban J connectivity index is 0.967. The molecule has 16 heteroatoms. The third kappa shape index (κ3) is 15.5. The first-order chi connectivity index (χ1) is 32.4. The van der Waals surface area contributed by atoms with E-state index in [4.69, 9.17) is 37.9 Å². The summed E-state index contributed by atoms with van der Waals surface area (Å²) in [5.41, 5.74) is 3.53. The maximum Gasteiger partial charge on any atom is 0.338 e. The van der Waals surface area contributed by atoms with Crippen LogP contribution in [0, 0.1) is 13.8 Å². The second-order valence-corrected chi connectivity index (χ2v) is 15.7. The van der Waals surface area contributed by atoms with Crippen LogP contribution in [0.5, 0.6) is 0 Å². The van der Waals surface area contributed by atoms with Gasteiger partial charge in [-0.05, 0) is 139 Å². The van der Waals surface area contributed by atoms with Gasteiger partial charge in [0.15, 0.2) is 0 Å². The van der Waals surface area contributed by atoms with Crippen LogP contribution >= 0.6 is 0 Å². The van der Waals surface area contributed by atoms with Crippen LogP contribution in [0.3, 0.4) is 0 Å². The van der Waals surface area contributed by atoms with E-state index in [0.717, 1.165) is 11.1 Å². The number of benzene rings is 5. The van der Waals surface area contributed by atoms with Gasteiger partial charge in [0.25, 0.3) is 0 Å². The number of carbonyl (C=O) groups is 8. The summed E-state index contributed by atoms with van der Waals surface area (Å²) in [6.45, 7) is 9.11. The van der Waals surface area contributed by atoms with Crippen molar-refractivity contribution in [2.45, 2.75) is 66.0 Å². The molecule has 4 atom stereocenters. The summed E-state index contributed by atoms with van der Waals surface area (Å²) in [4.78, 5) is 101. The van der Waals surface area contributed by atoms with Crippen LogP contribution in [-0.4, -0.2) is 98.6 Å². The van der Waals surface area contributed by atoms with Crippen LogP contribution in [0.2, 0.25) is 0 Å². The van der Waals surface area contributed by atoms with E-state index in [2.05, 4.69) is 0 Å². The molecule has 0 saturated heterocycles. The Morgan fingerprint density at radius 2 is 0.426 bits per heavy atom. The zero-order valence-electron chi connectivity index (χ0n) is 38.2. The quantitative estimate of drug-likeness (QED) is 0.0536. The minimum absolute atomic E-state index is 0.108. The van der Waals surface area contributed by atoms with Crippen molar-refractivity contribution in [2.24, 2.45) is 0 Å². The minimum atomic E-state index is -0.853. The van der Waals surface area contributed by atoms with E-state index in [1.54, 1.807) is 62.4 Å². The number of aryl methyl sites for hydroxylation is 2. The Morgan fingerprint density at radius 1 is 0.279 bits per heavy atom. The smallest absolute Gasteiger partial charge is 0.338 e. The molecule has 68 heavy (non-hydrogen) atoms. The number of carbonyl (C=O) groups excluding carboxylic acids is 8. The molecule has 5 aromatic rings. The summed E-state index contributed by atoms with van der Waals surface area (Å²) >= 11 is 0. The molecule has 4 unspecified atom stereocenters. The van der Waals surface area contributed by atoms with Gasteiger partial charge in [-0.25, -0.2) is 38.4 Å². The molecular formula is C52H50O16. The zero-order chi connectivity index (χ0) is 49.3. The second kappa shape index (κ2) is 24.4. The molecule has 5 aromatic carbocycles. The molecule has 5 rings (SSSR count). The summed E-state index contributed by atoms with van der Waals surface area (Å²) in [6.07, 6.45) is -3.15. The Bertz CT molecular complexity index is 2570. The van der Waals surface area contributed by atoms with Crippen LogP contribution in [0.25, 0.3) is 0 Å². The molecule has 0 fully saturated rings. The van der Waals surface area contributed by atoms with E-state index in [-0.39, 0.29) is 59.8 Å². The van der Waals surface area contributed by atoms with Crippen molar-refractivity contribution in [1.82, 2.24) is 0 Å².